The number of aliphatic hydroxyl groups excluding tert-OH is 2. The number of benzene rings is 2. The summed E-state index contributed by atoms with van der Waals surface area (Å²) in [5, 5.41) is 23.6. The van der Waals surface area contributed by atoms with Crippen LogP contribution in [0.15, 0.2) is 71.1 Å². The van der Waals surface area contributed by atoms with Gasteiger partial charge in [0.1, 0.15) is 18.5 Å². The predicted molar refractivity (Wildman–Crippen MR) is 144 cm³/mol. The van der Waals surface area contributed by atoms with Crippen LogP contribution in [0.5, 0.6) is 11.5 Å². The van der Waals surface area contributed by atoms with Gasteiger partial charge in [-0.1, -0.05) is 0 Å². The molecule has 2 amide bonds. The SMILES string of the molecule is COc1cc(C=O)cc2c1OC1C2C(C(=O)NCCO)=CC(N(Cc2ccoc2)C(=O)c2ccc(C(F)(F)F)cc2)C1O. The maximum atomic E-state index is 13.9. The number of rotatable bonds is 9. The van der Waals surface area contributed by atoms with Gasteiger partial charge in [-0.25, -0.2) is 0 Å². The van der Waals surface area contributed by atoms with Crippen molar-refractivity contribution in [2.45, 2.75) is 36.9 Å². The molecule has 0 fully saturated rings. The van der Waals surface area contributed by atoms with Gasteiger partial charge in [-0.2, -0.15) is 13.2 Å². The van der Waals surface area contributed by atoms with E-state index < -0.39 is 47.7 Å². The average Bonchev–Trinajstić information content (AvgIpc) is 3.66. The van der Waals surface area contributed by atoms with Crippen LogP contribution in [0.4, 0.5) is 13.2 Å². The van der Waals surface area contributed by atoms with Crippen molar-refractivity contribution in [1.29, 1.82) is 0 Å². The highest BCUT2D eigenvalue weighted by Crippen LogP contribution is 2.51. The highest BCUT2D eigenvalue weighted by molar-refractivity contribution is 5.98. The van der Waals surface area contributed by atoms with Crippen molar-refractivity contribution in [2.24, 2.45) is 0 Å². The molecule has 2 aromatic carbocycles. The number of ether oxygens (including phenoxy) is 2. The molecular weight excluding hydrogens is 573 g/mol. The van der Waals surface area contributed by atoms with Crippen molar-refractivity contribution in [3.05, 3.63) is 94.5 Å². The highest BCUT2D eigenvalue weighted by atomic mass is 19.4. The molecule has 0 spiro atoms. The second-order valence-electron chi connectivity index (χ2n) is 10.0. The van der Waals surface area contributed by atoms with E-state index in [9.17, 15) is 37.8 Å². The number of alkyl halides is 3. The molecule has 1 aromatic heterocycles. The molecular formula is C30H27F3N2O8. The summed E-state index contributed by atoms with van der Waals surface area (Å²) in [5.74, 6) is -1.81. The fourth-order valence-electron chi connectivity index (χ4n) is 5.42. The van der Waals surface area contributed by atoms with Crippen LogP contribution in [0.2, 0.25) is 0 Å². The summed E-state index contributed by atoms with van der Waals surface area (Å²) in [6.45, 7) is -0.577. The molecule has 43 heavy (non-hydrogen) atoms. The fraction of sp³-hybridized carbons (Fsp3) is 0.300. The number of nitrogens with one attached hydrogen (secondary N) is 1. The predicted octanol–water partition coefficient (Wildman–Crippen LogP) is 3.08. The lowest BCUT2D eigenvalue weighted by molar-refractivity contribution is -0.137. The monoisotopic (exact) mass is 600 g/mol. The standard InChI is InChI=1S/C30H27F3N2O8/c1-41-23-11-17(14-37)10-20-24-21(28(39)34-7-8-36)12-22(25(38)27(24)43-26(20)23)35(13-16-6-9-42-15-16)29(40)18-2-4-19(5-3-18)30(31,32)33/h2-6,9-12,14-15,22,24-25,27,36,38H,7-8,13H2,1H3,(H,34,39). The van der Waals surface area contributed by atoms with E-state index in [1.54, 1.807) is 6.07 Å². The zero-order chi connectivity index (χ0) is 30.9. The molecule has 10 nitrogen and oxygen atoms in total. The Kier molecular flexibility index (Phi) is 8.29. The van der Waals surface area contributed by atoms with Crippen molar-refractivity contribution in [3.8, 4) is 11.5 Å². The Labute approximate surface area is 243 Å². The lowest BCUT2D eigenvalue weighted by Gasteiger charge is -2.40. The minimum atomic E-state index is -4.61. The number of nitrogens with zero attached hydrogens (tertiary/aromatic N) is 1. The Balaban J connectivity index is 1.61. The van der Waals surface area contributed by atoms with E-state index in [1.807, 2.05) is 0 Å². The third-order valence-electron chi connectivity index (χ3n) is 7.42. The summed E-state index contributed by atoms with van der Waals surface area (Å²) in [5.41, 5.74) is 0.237. The quantitative estimate of drug-likeness (QED) is 0.319. The van der Waals surface area contributed by atoms with Crippen LogP contribution < -0.4 is 14.8 Å². The van der Waals surface area contributed by atoms with Gasteiger partial charge >= 0.3 is 6.18 Å². The van der Waals surface area contributed by atoms with Gasteiger partial charge in [0.25, 0.3) is 5.91 Å². The highest BCUT2D eigenvalue weighted by Gasteiger charge is 2.51. The van der Waals surface area contributed by atoms with Crippen LogP contribution in [0.25, 0.3) is 0 Å². The number of fused-ring (bicyclic) bond motifs is 3. The number of methoxy groups -OCH3 is 1. The second kappa shape index (κ2) is 11.9. The van der Waals surface area contributed by atoms with Crippen molar-refractivity contribution in [1.82, 2.24) is 10.2 Å². The molecule has 2 heterocycles. The normalized spacial score (nSPS) is 20.7. The van der Waals surface area contributed by atoms with Crippen molar-refractivity contribution in [3.63, 3.8) is 0 Å². The molecule has 3 aromatic rings. The van der Waals surface area contributed by atoms with Gasteiger partial charge < -0.3 is 34.3 Å². The molecule has 13 heteroatoms. The molecule has 4 atom stereocenters. The van der Waals surface area contributed by atoms with E-state index in [0.717, 1.165) is 24.3 Å². The first-order valence-electron chi connectivity index (χ1n) is 13.2. The number of carbonyl (C=O) groups excluding carboxylic acids is 3. The van der Waals surface area contributed by atoms with Crippen LogP contribution in [-0.4, -0.2) is 71.7 Å². The largest absolute Gasteiger partial charge is 0.493 e. The molecule has 226 valence electrons. The maximum absolute atomic E-state index is 13.9. The molecule has 0 radical (unpaired) electrons. The minimum absolute atomic E-state index is 0.0848. The second-order valence-corrected chi connectivity index (χ2v) is 10.0. The lowest BCUT2D eigenvalue weighted by Crippen LogP contribution is -2.55. The molecule has 4 unspecified atom stereocenters. The van der Waals surface area contributed by atoms with Crippen LogP contribution in [0, 0.1) is 0 Å². The topological polar surface area (TPSA) is 139 Å². The number of carbonyl (C=O) groups is 3. The van der Waals surface area contributed by atoms with Gasteiger partial charge in [-0.3, -0.25) is 14.4 Å². The number of hydrogen-bond acceptors (Lipinski definition) is 8. The van der Waals surface area contributed by atoms with E-state index in [4.69, 9.17) is 13.9 Å². The summed E-state index contributed by atoms with van der Waals surface area (Å²) >= 11 is 0. The number of aldehydes is 1. The van der Waals surface area contributed by atoms with Crippen LogP contribution in [-0.2, 0) is 17.5 Å². The molecule has 0 saturated heterocycles. The lowest BCUT2D eigenvalue weighted by atomic mass is 9.77. The van der Waals surface area contributed by atoms with Gasteiger partial charge in [0, 0.05) is 40.9 Å². The first kappa shape index (κ1) is 29.9. The van der Waals surface area contributed by atoms with Gasteiger partial charge in [0.05, 0.1) is 43.8 Å². The smallest absolute Gasteiger partial charge is 0.416 e. The fourth-order valence-corrected chi connectivity index (χ4v) is 5.42. The Bertz CT molecular complexity index is 1540. The van der Waals surface area contributed by atoms with E-state index >= 15 is 0 Å². The third-order valence-corrected chi connectivity index (χ3v) is 7.42. The van der Waals surface area contributed by atoms with Crippen LogP contribution in [0.3, 0.4) is 0 Å². The summed E-state index contributed by atoms with van der Waals surface area (Å²) in [6.07, 6.45) is -2.42. The molecule has 1 aliphatic heterocycles. The summed E-state index contributed by atoms with van der Waals surface area (Å²) in [4.78, 5) is 40.2. The van der Waals surface area contributed by atoms with Crippen molar-refractivity contribution < 1.29 is 51.7 Å². The number of aliphatic hydroxyl groups is 2. The Morgan fingerprint density at radius 1 is 1.16 bits per heavy atom. The van der Waals surface area contributed by atoms with Gasteiger partial charge in [0.15, 0.2) is 11.5 Å². The molecule has 0 bridgehead atoms. The first-order chi connectivity index (χ1) is 20.6. The first-order valence-corrected chi connectivity index (χ1v) is 13.2. The summed E-state index contributed by atoms with van der Waals surface area (Å²) in [7, 11) is 1.37. The Morgan fingerprint density at radius 2 is 1.91 bits per heavy atom. The van der Waals surface area contributed by atoms with Crippen LogP contribution in [0.1, 0.15) is 43.3 Å². The molecule has 5 rings (SSSR count). The third kappa shape index (κ3) is 5.73. The van der Waals surface area contributed by atoms with Gasteiger partial charge in [-0.05, 0) is 48.5 Å². The van der Waals surface area contributed by atoms with Crippen LogP contribution >= 0.6 is 0 Å². The average molecular weight is 601 g/mol. The summed E-state index contributed by atoms with van der Waals surface area (Å²) < 4.78 is 56.2. The van der Waals surface area contributed by atoms with Crippen molar-refractivity contribution >= 4 is 18.1 Å². The number of hydrogen-bond donors (Lipinski definition) is 3. The molecule has 2 aliphatic rings. The van der Waals surface area contributed by atoms with E-state index in [-0.39, 0.29) is 47.9 Å². The Morgan fingerprint density at radius 3 is 2.51 bits per heavy atom. The van der Waals surface area contributed by atoms with Gasteiger partial charge in [-0.15, -0.1) is 0 Å². The van der Waals surface area contributed by atoms with E-state index in [0.29, 0.717) is 17.4 Å². The minimum Gasteiger partial charge on any atom is -0.493 e. The van der Waals surface area contributed by atoms with Gasteiger partial charge in [0.2, 0.25) is 5.91 Å². The number of amides is 2. The van der Waals surface area contributed by atoms with Crippen molar-refractivity contribution in [2.75, 3.05) is 20.3 Å². The molecule has 1 aliphatic carbocycles. The number of halogens is 3. The molecule has 0 saturated carbocycles. The zero-order valence-corrected chi connectivity index (χ0v) is 22.7. The Hall–Kier alpha value is -4.62. The van der Waals surface area contributed by atoms with E-state index in [1.165, 1.54) is 42.7 Å². The van der Waals surface area contributed by atoms with E-state index in [2.05, 4.69) is 5.32 Å². The summed E-state index contributed by atoms with van der Waals surface area (Å²) in [6, 6.07) is 6.99. The number of furan rings is 1. The molecule has 3 N–H and O–H groups in total. The maximum Gasteiger partial charge on any atom is 0.416 e. The zero-order valence-electron chi connectivity index (χ0n) is 22.7.